The van der Waals surface area contributed by atoms with Crippen LogP contribution < -0.4 is 14.8 Å². The lowest BCUT2D eigenvalue weighted by atomic mass is 9.88. The van der Waals surface area contributed by atoms with Crippen molar-refractivity contribution in [3.8, 4) is 11.5 Å². The summed E-state index contributed by atoms with van der Waals surface area (Å²) in [5.74, 6) is -0.230. The molecule has 0 saturated carbocycles. The van der Waals surface area contributed by atoms with Crippen LogP contribution in [0.5, 0.6) is 11.5 Å². The second-order valence-electron chi connectivity index (χ2n) is 10.3. The fraction of sp³-hybridized carbons (Fsp3) is 0.387. The Bertz CT molecular complexity index is 1370. The molecule has 1 N–H and O–H groups in total. The number of nitrogens with zero attached hydrogens (tertiary/aromatic N) is 4. The normalized spacial score (nSPS) is 19.2. The van der Waals surface area contributed by atoms with Gasteiger partial charge in [-0.25, -0.2) is 4.98 Å². The first-order valence-corrected chi connectivity index (χ1v) is 14.1. The molecule has 3 heterocycles. The van der Waals surface area contributed by atoms with Crippen LogP contribution in [-0.2, 0) is 20.9 Å². The number of methoxy groups -OCH3 is 1. The molecule has 2 bridgehead atoms. The van der Waals surface area contributed by atoms with E-state index < -0.39 is 5.92 Å². The molecule has 1 aromatic heterocycles. The molecule has 0 spiro atoms. The van der Waals surface area contributed by atoms with Crippen molar-refractivity contribution in [2.24, 2.45) is 5.92 Å². The highest BCUT2D eigenvalue weighted by Gasteiger charge is 2.41. The molecule has 0 radical (unpaired) electrons. The van der Waals surface area contributed by atoms with Crippen molar-refractivity contribution in [3.63, 3.8) is 0 Å². The van der Waals surface area contributed by atoms with Gasteiger partial charge < -0.3 is 29.3 Å². The minimum absolute atomic E-state index is 0.0561. The number of hydrogen-bond donors (Lipinski definition) is 1. The molecule has 3 amide bonds. The lowest BCUT2D eigenvalue weighted by Crippen LogP contribution is -2.40. The molecule has 5 rings (SSSR count). The first-order chi connectivity index (χ1) is 20.5. The van der Waals surface area contributed by atoms with Crippen molar-refractivity contribution < 1.29 is 28.6 Å². The third kappa shape index (κ3) is 7.03. The Hall–Kier alpha value is -4.51. The van der Waals surface area contributed by atoms with Gasteiger partial charge in [0.05, 0.1) is 32.4 Å². The Labute approximate surface area is 244 Å². The fourth-order valence-corrected chi connectivity index (χ4v) is 5.34. The molecule has 1 fully saturated rings. The zero-order valence-corrected chi connectivity index (χ0v) is 23.6. The molecule has 3 aromatic rings. The van der Waals surface area contributed by atoms with E-state index in [1.54, 1.807) is 23.0 Å². The first-order valence-electron chi connectivity index (χ1n) is 14.1. The zero-order valence-electron chi connectivity index (χ0n) is 23.6. The second-order valence-corrected chi connectivity index (χ2v) is 10.3. The predicted molar refractivity (Wildman–Crippen MR) is 153 cm³/mol. The van der Waals surface area contributed by atoms with Gasteiger partial charge in [0.2, 0.25) is 11.8 Å². The van der Waals surface area contributed by atoms with Gasteiger partial charge in [-0.3, -0.25) is 19.4 Å². The van der Waals surface area contributed by atoms with Crippen molar-refractivity contribution in [2.75, 3.05) is 53.0 Å². The highest BCUT2D eigenvalue weighted by molar-refractivity contribution is 5.93. The summed E-state index contributed by atoms with van der Waals surface area (Å²) in [6.07, 6.45) is 4.98. The Morgan fingerprint density at radius 1 is 1.05 bits per heavy atom. The summed E-state index contributed by atoms with van der Waals surface area (Å²) < 4.78 is 17.3. The summed E-state index contributed by atoms with van der Waals surface area (Å²) in [4.78, 5) is 51.2. The molecule has 0 aliphatic carbocycles. The van der Waals surface area contributed by atoms with E-state index in [0.29, 0.717) is 50.7 Å². The summed E-state index contributed by atoms with van der Waals surface area (Å²) in [5.41, 5.74) is 2.09. The number of ether oxygens (including phenoxy) is 3. The maximum atomic E-state index is 13.4. The second kappa shape index (κ2) is 13.9. The molecule has 2 atom stereocenters. The van der Waals surface area contributed by atoms with E-state index in [9.17, 15) is 14.4 Å². The van der Waals surface area contributed by atoms with Crippen LogP contribution in [0.1, 0.15) is 34.0 Å². The van der Waals surface area contributed by atoms with E-state index in [-0.39, 0.29) is 49.1 Å². The minimum atomic E-state index is -0.473. The molecule has 2 aliphatic heterocycles. The number of likely N-dealkylation sites (tertiary alicyclic amines) is 1. The number of hydrogen-bond acceptors (Lipinski definition) is 8. The van der Waals surface area contributed by atoms with Gasteiger partial charge in [-0.1, -0.05) is 36.4 Å². The number of rotatable bonds is 6. The first kappa shape index (κ1) is 29.0. The van der Waals surface area contributed by atoms with Crippen LogP contribution in [0, 0.1) is 5.92 Å². The number of benzene rings is 2. The zero-order chi connectivity index (χ0) is 29.3. The van der Waals surface area contributed by atoms with Crippen molar-refractivity contribution in [3.05, 3.63) is 83.9 Å². The monoisotopic (exact) mass is 573 g/mol. The van der Waals surface area contributed by atoms with E-state index in [0.717, 1.165) is 11.1 Å². The van der Waals surface area contributed by atoms with E-state index in [4.69, 9.17) is 14.2 Å². The number of amides is 3. The van der Waals surface area contributed by atoms with Crippen LogP contribution in [-0.4, -0.2) is 90.5 Å². The topological polar surface area (TPSA) is 123 Å². The molecule has 2 aromatic carbocycles. The predicted octanol–water partition coefficient (Wildman–Crippen LogP) is 2.29. The van der Waals surface area contributed by atoms with Crippen LogP contribution in [0.3, 0.4) is 0 Å². The van der Waals surface area contributed by atoms with Crippen LogP contribution >= 0.6 is 0 Å². The van der Waals surface area contributed by atoms with Crippen molar-refractivity contribution in [2.45, 2.75) is 18.9 Å². The van der Waals surface area contributed by atoms with Gasteiger partial charge in [-0.2, -0.15) is 0 Å². The van der Waals surface area contributed by atoms with Gasteiger partial charge in [-0.15, -0.1) is 0 Å². The van der Waals surface area contributed by atoms with Crippen molar-refractivity contribution in [1.82, 2.24) is 25.1 Å². The Balaban J connectivity index is 1.31. The molecule has 220 valence electrons. The quantitative estimate of drug-likeness (QED) is 0.477. The summed E-state index contributed by atoms with van der Waals surface area (Å²) in [5, 5.41) is 3.03. The number of fused-ring (bicyclic) bond motifs is 4. The van der Waals surface area contributed by atoms with Gasteiger partial charge >= 0.3 is 0 Å². The molecule has 11 nitrogen and oxygen atoms in total. The molecule has 42 heavy (non-hydrogen) atoms. The van der Waals surface area contributed by atoms with Crippen LogP contribution in [0.25, 0.3) is 0 Å². The summed E-state index contributed by atoms with van der Waals surface area (Å²) in [7, 11) is 1.56. The average Bonchev–Trinajstić information content (AvgIpc) is 3.48. The van der Waals surface area contributed by atoms with E-state index in [1.165, 1.54) is 18.6 Å². The highest BCUT2D eigenvalue weighted by atomic mass is 16.5. The largest absolute Gasteiger partial charge is 0.493 e. The lowest BCUT2D eigenvalue weighted by molar-refractivity contribution is -0.137. The maximum absolute atomic E-state index is 13.4. The number of aromatic nitrogens is 2. The highest BCUT2D eigenvalue weighted by Crippen LogP contribution is 2.38. The molecule has 2 aliphatic rings. The summed E-state index contributed by atoms with van der Waals surface area (Å²) >= 11 is 0. The van der Waals surface area contributed by atoms with Crippen molar-refractivity contribution >= 4 is 17.7 Å². The molecular weight excluding hydrogens is 538 g/mol. The van der Waals surface area contributed by atoms with Gasteiger partial charge in [0.1, 0.15) is 18.9 Å². The number of nitrogens with one attached hydrogen (secondary N) is 1. The summed E-state index contributed by atoms with van der Waals surface area (Å²) in [6.45, 7) is 2.31. The molecule has 1 saturated heterocycles. The van der Waals surface area contributed by atoms with Crippen molar-refractivity contribution in [1.29, 1.82) is 0 Å². The summed E-state index contributed by atoms with van der Waals surface area (Å²) in [6, 6.07) is 15.3. The van der Waals surface area contributed by atoms with Gasteiger partial charge in [-0.05, 0) is 29.7 Å². The van der Waals surface area contributed by atoms with Crippen LogP contribution in [0.2, 0.25) is 0 Å². The Morgan fingerprint density at radius 2 is 1.88 bits per heavy atom. The standard InChI is InChI=1S/C31H35N5O6/c1-40-27-9-8-23-16-28(27)42-15-14-35(29(37)21-41-20-22-6-3-2-4-7-22)13-5-10-34-30(38)25-19-36(18-24(23)25)31(39)26-17-32-11-12-33-26/h2-4,6-9,11-12,16-17,24-25H,5,10,13-15,18-21H2,1H3,(H,34,38)/t24-,25+/m1/s1. The van der Waals surface area contributed by atoms with Gasteiger partial charge in [0.15, 0.2) is 11.5 Å². The van der Waals surface area contributed by atoms with Crippen LogP contribution in [0.4, 0.5) is 0 Å². The minimum Gasteiger partial charge on any atom is -0.493 e. The molecular formula is C31H35N5O6. The van der Waals surface area contributed by atoms with Gasteiger partial charge in [0, 0.05) is 44.5 Å². The smallest absolute Gasteiger partial charge is 0.274 e. The Kier molecular flexibility index (Phi) is 9.60. The van der Waals surface area contributed by atoms with Gasteiger partial charge in [0.25, 0.3) is 5.91 Å². The maximum Gasteiger partial charge on any atom is 0.274 e. The average molecular weight is 574 g/mol. The lowest BCUT2D eigenvalue weighted by Gasteiger charge is -2.25. The van der Waals surface area contributed by atoms with E-state index in [2.05, 4.69) is 15.3 Å². The SMILES string of the molecule is COc1ccc2cc1OCCN(C(=O)COCc1ccccc1)CCCNC(=O)[C@H]1CN(C(=O)c3cnccn3)C[C@H]21. The number of carbonyl (C=O) groups is 3. The fourth-order valence-electron chi connectivity index (χ4n) is 5.34. The molecule has 11 heteroatoms. The molecule has 0 unspecified atom stereocenters. The van der Waals surface area contributed by atoms with E-state index >= 15 is 0 Å². The third-order valence-corrected chi connectivity index (χ3v) is 7.55. The van der Waals surface area contributed by atoms with E-state index in [1.807, 2.05) is 42.5 Å². The Morgan fingerprint density at radius 3 is 2.67 bits per heavy atom. The number of carbonyl (C=O) groups excluding carboxylic acids is 3. The third-order valence-electron chi connectivity index (χ3n) is 7.55. The van der Waals surface area contributed by atoms with Crippen LogP contribution in [0.15, 0.2) is 67.1 Å².